The molecule has 1 N–H and O–H groups in total. The Bertz CT molecular complexity index is 736. The molecule has 0 radical (unpaired) electrons. The molecule has 23 heavy (non-hydrogen) atoms. The molecule has 1 aliphatic rings. The number of fused-ring (bicyclic) bond motifs is 3. The van der Waals surface area contributed by atoms with Crippen molar-refractivity contribution in [3.05, 3.63) is 47.5 Å². The number of hydrogen-bond acceptors (Lipinski definition) is 4. The fraction of sp³-hybridized carbons (Fsp3) is 0.316. The molecule has 0 fully saturated rings. The Morgan fingerprint density at radius 3 is 2.52 bits per heavy atom. The van der Waals surface area contributed by atoms with E-state index >= 15 is 0 Å². The van der Waals surface area contributed by atoms with Crippen LogP contribution in [0.4, 0.5) is 0 Å². The SMILES string of the molecule is CCOCC(=O)CC1c2cc(O)ccc2-c2ccc(OC)cc21. The van der Waals surface area contributed by atoms with Gasteiger partial charge in [0.15, 0.2) is 5.78 Å². The zero-order valence-corrected chi connectivity index (χ0v) is 13.3. The molecule has 1 aliphatic carbocycles. The first kappa shape index (κ1) is 15.6. The number of methoxy groups -OCH3 is 1. The highest BCUT2D eigenvalue weighted by Gasteiger charge is 2.31. The minimum absolute atomic E-state index is 0.0572. The zero-order valence-electron chi connectivity index (χ0n) is 13.3. The lowest BCUT2D eigenvalue weighted by Crippen LogP contribution is -2.12. The third-order valence-electron chi connectivity index (χ3n) is 4.23. The largest absolute Gasteiger partial charge is 0.508 e. The minimum Gasteiger partial charge on any atom is -0.508 e. The van der Waals surface area contributed by atoms with E-state index in [1.54, 1.807) is 19.2 Å². The van der Waals surface area contributed by atoms with E-state index in [4.69, 9.17) is 9.47 Å². The van der Waals surface area contributed by atoms with E-state index in [0.717, 1.165) is 28.0 Å². The third-order valence-corrected chi connectivity index (χ3v) is 4.23. The number of phenolic OH excluding ortho intramolecular Hbond substituents is 1. The second-order valence-corrected chi connectivity index (χ2v) is 5.66. The zero-order chi connectivity index (χ0) is 16.4. The quantitative estimate of drug-likeness (QED) is 0.887. The summed E-state index contributed by atoms with van der Waals surface area (Å²) in [5.74, 6) is 0.964. The molecule has 0 aliphatic heterocycles. The van der Waals surface area contributed by atoms with Gasteiger partial charge in [-0.1, -0.05) is 12.1 Å². The molecular weight excluding hydrogens is 292 g/mol. The number of aromatic hydroxyl groups is 1. The highest BCUT2D eigenvalue weighted by atomic mass is 16.5. The number of carbonyl (C=O) groups is 1. The summed E-state index contributed by atoms with van der Waals surface area (Å²) < 4.78 is 10.5. The van der Waals surface area contributed by atoms with Crippen LogP contribution in [-0.4, -0.2) is 31.2 Å². The smallest absolute Gasteiger partial charge is 0.159 e. The second-order valence-electron chi connectivity index (χ2n) is 5.66. The predicted molar refractivity (Wildman–Crippen MR) is 88.1 cm³/mol. The monoisotopic (exact) mass is 312 g/mol. The second kappa shape index (κ2) is 6.42. The summed E-state index contributed by atoms with van der Waals surface area (Å²) in [7, 11) is 1.63. The van der Waals surface area contributed by atoms with Gasteiger partial charge in [-0.25, -0.2) is 0 Å². The number of carbonyl (C=O) groups excluding carboxylic acids is 1. The third kappa shape index (κ3) is 2.94. The number of benzene rings is 2. The molecule has 0 amide bonds. The standard InChI is InChI=1S/C19H20O4/c1-3-23-11-13(21)9-18-17-8-12(20)4-6-15(17)16-7-5-14(22-2)10-19(16)18/h4-8,10,18,20H,3,9,11H2,1-2H3. The fourth-order valence-electron chi connectivity index (χ4n) is 3.18. The number of phenols is 1. The molecule has 1 atom stereocenters. The van der Waals surface area contributed by atoms with Crippen molar-refractivity contribution in [2.45, 2.75) is 19.3 Å². The lowest BCUT2D eigenvalue weighted by molar-refractivity contribution is -0.123. The number of Topliss-reactive ketones (excluding diaryl/α,β-unsaturated/α-hetero) is 1. The molecule has 0 bridgehead atoms. The van der Waals surface area contributed by atoms with E-state index in [1.807, 2.05) is 31.2 Å². The number of ether oxygens (including phenoxy) is 2. The lowest BCUT2D eigenvalue weighted by atomic mass is 9.91. The van der Waals surface area contributed by atoms with Crippen LogP contribution in [-0.2, 0) is 9.53 Å². The Morgan fingerprint density at radius 1 is 1.13 bits per heavy atom. The van der Waals surface area contributed by atoms with Crippen LogP contribution >= 0.6 is 0 Å². The Morgan fingerprint density at radius 2 is 1.83 bits per heavy atom. The van der Waals surface area contributed by atoms with Crippen molar-refractivity contribution in [2.24, 2.45) is 0 Å². The van der Waals surface area contributed by atoms with Gasteiger partial charge in [-0.05, 0) is 53.4 Å². The molecular formula is C19H20O4. The predicted octanol–water partition coefficient (Wildman–Crippen LogP) is 3.51. The van der Waals surface area contributed by atoms with E-state index < -0.39 is 0 Å². The lowest BCUT2D eigenvalue weighted by Gasteiger charge is -2.14. The average Bonchev–Trinajstić information content (AvgIpc) is 2.85. The van der Waals surface area contributed by atoms with Crippen LogP contribution < -0.4 is 4.74 Å². The molecule has 4 nitrogen and oxygen atoms in total. The fourth-order valence-corrected chi connectivity index (χ4v) is 3.18. The van der Waals surface area contributed by atoms with Crippen molar-refractivity contribution in [2.75, 3.05) is 20.3 Å². The van der Waals surface area contributed by atoms with Gasteiger partial charge in [0, 0.05) is 18.9 Å². The number of ketones is 1. The van der Waals surface area contributed by atoms with Crippen LogP contribution in [0.3, 0.4) is 0 Å². The molecule has 3 rings (SSSR count). The van der Waals surface area contributed by atoms with Crippen LogP contribution in [0.5, 0.6) is 11.5 Å². The first-order valence-electron chi connectivity index (χ1n) is 7.74. The molecule has 0 aromatic heterocycles. The number of hydrogen-bond donors (Lipinski definition) is 1. The van der Waals surface area contributed by atoms with Gasteiger partial charge in [-0.3, -0.25) is 4.79 Å². The van der Waals surface area contributed by atoms with Crippen LogP contribution in [0, 0.1) is 0 Å². The van der Waals surface area contributed by atoms with Crippen LogP contribution in [0.1, 0.15) is 30.4 Å². The van der Waals surface area contributed by atoms with Gasteiger partial charge in [-0.2, -0.15) is 0 Å². The molecule has 4 heteroatoms. The van der Waals surface area contributed by atoms with Crippen molar-refractivity contribution in [1.82, 2.24) is 0 Å². The highest BCUT2D eigenvalue weighted by Crippen LogP contribution is 2.48. The van der Waals surface area contributed by atoms with Gasteiger partial charge in [0.05, 0.1) is 7.11 Å². The molecule has 0 saturated carbocycles. The van der Waals surface area contributed by atoms with Crippen LogP contribution in [0.2, 0.25) is 0 Å². The van der Waals surface area contributed by atoms with Gasteiger partial charge in [-0.15, -0.1) is 0 Å². The molecule has 1 unspecified atom stereocenters. The molecule has 0 spiro atoms. The summed E-state index contributed by atoms with van der Waals surface area (Å²) in [4.78, 5) is 12.2. The van der Waals surface area contributed by atoms with E-state index in [1.165, 1.54) is 0 Å². The first-order valence-corrected chi connectivity index (χ1v) is 7.74. The van der Waals surface area contributed by atoms with Gasteiger partial charge in [0.25, 0.3) is 0 Å². The van der Waals surface area contributed by atoms with Crippen molar-refractivity contribution in [3.63, 3.8) is 0 Å². The van der Waals surface area contributed by atoms with Crippen molar-refractivity contribution in [1.29, 1.82) is 0 Å². The van der Waals surface area contributed by atoms with Crippen molar-refractivity contribution >= 4 is 5.78 Å². The van der Waals surface area contributed by atoms with E-state index in [2.05, 4.69) is 0 Å². The molecule has 2 aromatic carbocycles. The van der Waals surface area contributed by atoms with Crippen LogP contribution in [0.25, 0.3) is 11.1 Å². The van der Waals surface area contributed by atoms with Gasteiger partial charge >= 0.3 is 0 Å². The normalized spacial score (nSPS) is 15.1. The van der Waals surface area contributed by atoms with E-state index in [-0.39, 0.29) is 24.1 Å². The number of rotatable bonds is 6. The highest BCUT2D eigenvalue weighted by molar-refractivity contribution is 5.86. The van der Waals surface area contributed by atoms with Gasteiger partial charge in [0.1, 0.15) is 18.1 Å². The average molecular weight is 312 g/mol. The molecule has 0 saturated heterocycles. The summed E-state index contributed by atoms with van der Waals surface area (Å²) in [6.07, 6.45) is 0.358. The van der Waals surface area contributed by atoms with E-state index in [9.17, 15) is 9.90 Å². The van der Waals surface area contributed by atoms with Crippen LogP contribution in [0.15, 0.2) is 36.4 Å². The summed E-state index contributed by atoms with van der Waals surface area (Å²) in [6, 6.07) is 11.2. The Kier molecular flexibility index (Phi) is 4.35. The topological polar surface area (TPSA) is 55.8 Å². The Labute approximate surface area is 135 Å². The molecule has 120 valence electrons. The maximum atomic E-state index is 12.2. The van der Waals surface area contributed by atoms with Crippen molar-refractivity contribution in [3.8, 4) is 22.6 Å². The summed E-state index contributed by atoms with van der Waals surface area (Å²) in [5, 5.41) is 9.84. The van der Waals surface area contributed by atoms with Gasteiger partial charge < -0.3 is 14.6 Å². The summed E-state index contributed by atoms with van der Waals surface area (Å²) >= 11 is 0. The summed E-state index contributed by atoms with van der Waals surface area (Å²) in [5.41, 5.74) is 4.21. The van der Waals surface area contributed by atoms with Crippen molar-refractivity contribution < 1.29 is 19.4 Å². The molecule has 0 heterocycles. The van der Waals surface area contributed by atoms with Gasteiger partial charge in [0.2, 0.25) is 0 Å². The maximum absolute atomic E-state index is 12.2. The molecule has 2 aromatic rings. The first-order chi connectivity index (χ1) is 11.1. The van der Waals surface area contributed by atoms with E-state index in [0.29, 0.717) is 13.0 Å². The minimum atomic E-state index is -0.0739. The maximum Gasteiger partial charge on any atom is 0.159 e. The Hall–Kier alpha value is -2.33. The summed E-state index contributed by atoms with van der Waals surface area (Å²) in [6.45, 7) is 2.52. The Balaban J connectivity index is 2.01.